The van der Waals surface area contributed by atoms with Crippen molar-refractivity contribution in [2.45, 2.75) is 53.9 Å². The van der Waals surface area contributed by atoms with E-state index in [1.807, 2.05) is 0 Å². The zero-order chi connectivity index (χ0) is 14.5. The van der Waals surface area contributed by atoms with E-state index < -0.39 is 0 Å². The topological polar surface area (TPSA) is 35.2 Å². The maximum atomic E-state index is 6.05. The van der Waals surface area contributed by atoms with Gasteiger partial charge in [-0.2, -0.15) is 0 Å². The average molecular weight is 263 g/mol. The van der Waals surface area contributed by atoms with E-state index in [4.69, 9.17) is 10.5 Å². The molecule has 1 rings (SSSR count). The van der Waals surface area contributed by atoms with Crippen molar-refractivity contribution in [1.29, 1.82) is 0 Å². The summed E-state index contributed by atoms with van der Waals surface area (Å²) in [5.74, 6) is 1.05. The molecule has 0 spiro atoms. The molecule has 2 heteroatoms. The van der Waals surface area contributed by atoms with Gasteiger partial charge in [0.05, 0.1) is 6.61 Å². The van der Waals surface area contributed by atoms with E-state index >= 15 is 0 Å². The van der Waals surface area contributed by atoms with E-state index in [-0.39, 0.29) is 5.41 Å². The van der Waals surface area contributed by atoms with Gasteiger partial charge >= 0.3 is 0 Å². The molecule has 2 N–H and O–H groups in total. The molecule has 0 radical (unpaired) electrons. The van der Waals surface area contributed by atoms with Crippen molar-refractivity contribution < 1.29 is 4.74 Å². The summed E-state index contributed by atoms with van der Waals surface area (Å²) >= 11 is 0. The third-order valence-electron chi connectivity index (χ3n) is 4.69. The Labute approximate surface area is 118 Å². The molecular formula is C17H29NO. The van der Waals surface area contributed by atoms with Crippen LogP contribution in [0.1, 0.15) is 49.8 Å². The summed E-state index contributed by atoms with van der Waals surface area (Å²) in [5, 5.41) is 0. The van der Waals surface area contributed by atoms with E-state index in [1.165, 1.54) is 16.7 Å². The lowest BCUT2D eigenvalue weighted by Crippen LogP contribution is -2.31. The first kappa shape index (κ1) is 16.0. The van der Waals surface area contributed by atoms with Gasteiger partial charge in [-0.05, 0) is 68.7 Å². The van der Waals surface area contributed by atoms with Crippen LogP contribution < -0.4 is 10.5 Å². The van der Waals surface area contributed by atoms with Crippen LogP contribution in [0.5, 0.6) is 5.75 Å². The molecule has 0 saturated heterocycles. The third-order valence-corrected chi connectivity index (χ3v) is 4.69. The molecule has 0 fully saturated rings. The predicted octanol–water partition coefficient (Wildman–Crippen LogP) is 4.15. The Balaban J connectivity index is 2.70. The van der Waals surface area contributed by atoms with Crippen molar-refractivity contribution in [3.63, 3.8) is 0 Å². The van der Waals surface area contributed by atoms with Crippen LogP contribution in [-0.4, -0.2) is 13.2 Å². The van der Waals surface area contributed by atoms with Crippen LogP contribution in [0.2, 0.25) is 0 Å². The van der Waals surface area contributed by atoms with Gasteiger partial charge in [-0.15, -0.1) is 0 Å². The maximum Gasteiger partial charge on any atom is 0.125 e. The number of hydrogen-bond donors (Lipinski definition) is 1. The van der Waals surface area contributed by atoms with E-state index in [9.17, 15) is 0 Å². The second-order valence-corrected chi connectivity index (χ2v) is 5.66. The summed E-state index contributed by atoms with van der Waals surface area (Å²) in [7, 11) is 0. The Morgan fingerprint density at radius 2 is 1.63 bits per heavy atom. The van der Waals surface area contributed by atoms with Gasteiger partial charge in [0.25, 0.3) is 0 Å². The summed E-state index contributed by atoms with van der Waals surface area (Å²) in [6.07, 6.45) is 3.27. The second-order valence-electron chi connectivity index (χ2n) is 5.66. The fourth-order valence-electron chi connectivity index (χ4n) is 2.51. The molecular weight excluding hydrogens is 234 g/mol. The minimum atomic E-state index is 0.242. The minimum Gasteiger partial charge on any atom is -0.493 e. The van der Waals surface area contributed by atoms with Gasteiger partial charge in [0.1, 0.15) is 5.75 Å². The van der Waals surface area contributed by atoms with Crippen molar-refractivity contribution in [3.05, 3.63) is 28.8 Å². The first-order valence-corrected chi connectivity index (χ1v) is 7.39. The van der Waals surface area contributed by atoms with Crippen molar-refractivity contribution in [3.8, 4) is 5.75 Å². The van der Waals surface area contributed by atoms with Crippen LogP contribution in [0.15, 0.2) is 12.1 Å². The van der Waals surface area contributed by atoms with E-state index in [1.54, 1.807) is 0 Å². The lowest BCUT2D eigenvalue weighted by molar-refractivity contribution is 0.186. The Morgan fingerprint density at radius 3 is 2.16 bits per heavy atom. The van der Waals surface area contributed by atoms with E-state index in [2.05, 4.69) is 46.8 Å². The highest BCUT2D eigenvalue weighted by Gasteiger charge is 2.24. The fraction of sp³-hybridized carbons (Fsp3) is 0.647. The van der Waals surface area contributed by atoms with Gasteiger partial charge in [0.15, 0.2) is 0 Å². The smallest absolute Gasteiger partial charge is 0.125 e. The van der Waals surface area contributed by atoms with Crippen molar-refractivity contribution in [2.24, 2.45) is 11.1 Å². The minimum absolute atomic E-state index is 0.242. The van der Waals surface area contributed by atoms with E-state index in [0.717, 1.165) is 38.2 Å². The van der Waals surface area contributed by atoms with Crippen LogP contribution in [0.3, 0.4) is 0 Å². The van der Waals surface area contributed by atoms with Crippen LogP contribution in [-0.2, 0) is 0 Å². The van der Waals surface area contributed by atoms with Crippen molar-refractivity contribution in [2.75, 3.05) is 13.2 Å². The van der Waals surface area contributed by atoms with E-state index in [0.29, 0.717) is 0 Å². The van der Waals surface area contributed by atoms with Gasteiger partial charge in [-0.3, -0.25) is 0 Å². The Kier molecular flexibility index (Phi) is 5.86. The zero-order valence-electron chi connectivity index (χ0n) is 13.2. The molecule has 0 amide bonds. The third kappa shape index (κ3) is 3.73. The van der Waals surface area contributed by atoms with Crippen LogP contribution in [0, 0.1) is 26.2 Å². The van der Waals surface area contributed by atoms with Crippen LogP contribution >= 0.6 is 0 Å². The normalized spacial score (nSPS) is 11.7. The first-order chi connectivity index (χ1) is 8.99. The summed E-state index contributed by atoms with van der Waals surface area (Å²) in [6, 6.07) is 4.29. The number of rotatable bonds is 7. The lowest BCUT2D eigenvalue weighted by atomic mass is 9.80. The molecule has 0 atom stereocenters. The molecule has 0 aliphatic rings. The van der Waals surface area contributed by atoms with Crippen LogP contribution in [0.4, 0.5) is 0 Å². The molecule has 2 nitrogen and oxygen atoms in total. The molecule has 0 aliphatic heterocycles. The monoisotopic (exact) mass is 263 g/mol. The highest BCUT2D eigenvalue weighted by atomic mass is 16.5. The number of benzene rings is 1. The number of aryl methyl sites for hydroxylation is 2. The molecule has 0 aliphatic carbocycles. The Bertz CT molecular complexity index is 400. The molecule has 0 aromatic heterocycles. The second kappa shape index (κ2) is 6.95. The van der Waals surface area contributed by atoms with Crippen molar-refractivity contribution in [1.82, 2.24) is 0 Å². The highest BCUT2D eigenvalue weighted by Crippen LogP contribution is 2.31. The molecule has 108 valence electrons. The number of nitrogens with two attached hydrogens (primary N) is 1. The molecule has 0 heterocycles. The number of hydrogen-bond acceptors (Lipinski definition) is 2. The van der Waals surface area contributed by atoms with Gasteiger partial charge in [0, 0.05) is 0 Å². The van der Waals surface area contributed by atoms with Crippen molar-refractivity contribution >= 4 is 0 Å². The molecule has 0 unspecified atom stereocenters. The lowest BCUT2D eigenvalue weighted by Gasteiger charge is -2.30. The standard InChI is InChI=1S/C17H29NO/c1-6-17(7-2,12-18)10-11-19-16-14(4)9-8-13(3)15(16)5/h8-9H,6-7,10-12,18H2,1-5H3. The number of ether oxygens (including phenoxy) is 1. The highest BCUT2D eigenvalue weighted by molar-refractivity contribution is 5.44. The molecule has 0 bridgehead atoms. The average Bonchev–Trinajstić information content (AvgIpc) is 2.43. The Hall–Kier alpha value is -1.02. The molecule has 1 aromatic rings. The summed E-state index contributed by atoms with van der Waals surface area (Å²) in [6.45, 7) is 12.3. The summed E-state index contributed by atoms with van der Waals surface area (Å²) in [5.41, 5.74) is 9.94. The fourth-order valence-corrected chi connectivity index (χ4v) is 2.51. The summed E-state index contributed by atoms with van der Waals surface area (Å²) < 4.78 is 6.05. The molecule has 0 saturated carbocycles. The SMILES string of the molecule is CCC(CC)(CN)CCOc1c(C)ccc(C)c1C. The van der Waals surface area contributed by atoms with Crippen LogP contribution in [0.25, 0.3) is 0 Å². The van der Waals surface area contributed by atoms with Gasteiger partial charge in [-0.25, -0.2) is 0 Å². The Morgan fingerprint density at radius 1 is 1.05 bits per heavy atom. The predicted molar refractivity (Wildman–Crippen MR) is 82.8 cm³/mol. The molecule has 1 aromatic carbocycles. The maximum absolute atomic E-state index is 6.05. The summed E-state index contributed by atoms with van der Waals surface area (Å²) in [4.78, 5) is 0. The van der Waals surface area contributed by atoms with Gasteiger partial charge < -0.3 is 10.5 Å². The first-order valence-electron chi connectivity index (χ1n) is 7.39. The van der Waals surface area contributed by atoms with Gasteiger partial charge in [-0.1, -0.05) is 26.0 Å². The van der Waals surface area contributed by atoms with Gasteiger partial charge in [0.2, 0.25) is 0 Å². The molecule has 19 heavy (non-hydrogen) atoms. The zero-order valence-corrected chi connectivity index (χ0v) is 13.2. The quantitative estimate of drug-likeness (QED) is 0.802. The largest absolute Gasteiger partial charge is 0.493 e.